The molecule has 2 N–H and O–H groups in total. The fourth-order valence-electron chi connectivity index (χ4n) is 2.91. The summed E-state index contributed by atoms with van der Waals surface area (Å²) in [5, 5.41) is 6.05. The van der Waals surface area contributed by atoms with Crippen LogP contribution in [0.1, 0.15) is 28.4 Å². The van der Waals surface area contributed by atoms with E-state index in [1.807, 2.05) is 42.5 Å². The number of amides is 1. The van der Waals surface area contributed by atoms with Gasteiger partial charge in [-0.1, -0.05) is 31.2 Å². The molecule has 1 aliphatic rings. The molecule has 3 aromatic rings. The third kappa shape index (κ3) is 3.88. The Labute approximate surface area is 162 Å². The zero-order chi connectivity index (χ0) is 19.3. The van der Waals surface area contributed by atoms with Gasteiger partial charge >= 0.3 is 0 Å². The van der Waals surface area contributed by atoms with Crippen LogP contribution in [0.2, 0.25) is 0 Å². The summed E-state index contributed by atoms with van der Waals surface area (Å²) < 4.78 is 10.7. The summed E-state index contributed by atoms with van der Waals surface area (Å²) in [5.41, 5.74) is 3.31. The van der Waals surface area contributed by atoms with Gasteiger partial charge in [-0.3, -0.25) is 4.79 Å². The van der Waals surface area contributed by atoms with Crippen molar-refractivity contribution in [1.82, 2.24) is 9.97 Å². The van der Waals surface area contributed by atoms with E-state index in [0.717, 1.165) is 34.7 Å². The van der Waals surface area contributed by atoms with Gasteiger partial charge in [-0.2, -0.15) is 0 Å². The minimum absolute atomic E-state index is 0.233. The van der Waals surface area contributed by atoms with Crippen molar-refractivity contribution in [3.63, 3.8) is 0 Å². The van der Waals surface area contributed by atoms with Crippen molar-refractivity contribution in [2.45, 2.75) is 19.9 Å². The zero-order valence-corrected chi connectivity index (χ0v) is 15.4. The first kappa shape index (κ1) is 17.8. The van der Waals surface area contributed by atoms with Gasteiger partial charge in [0, 0.05) is 24.6 Å². The highest BCUT2D eigenvalue weighted by molar-refractivity contribution is 6.04. The Morgan fingerprint density at radius 2 is 1.86 bits per heavy atom. The van der Waals surface area contributed by atoms with Crippen molar-refractivity contribution in [2.75, 3.05) is 17.4 Å². The van der Waals surface area contributed by atoms with Gasteiger partial charge < -0.3 is 20.1 Å². The summed E-state index contributed by atoms with van der Waals surface area (Å²) in [4.78, 5) is 20.9. The number of hydrogen-bond donors (Lipinski definition) is 2. The topological polar surface area (TPSA) is 85.4 Å². The van der Waals surface area contributed by atoms with Crippen LogP contribution in [0.4, 0.5) is 11.6 Å². The van der Waals surface area contributed by atoms with Crippen LogP contribution in [0.5, 0.6) is 11.5 Å². The number of benzene rings is 2. The number of rotatable bonds is 6. The molecule has 0 aliphatic carbocycles. The SMILES string of the molecule is CCc1ccccc1NC(=O)c1cnc(NCc2ccc3c(c2)OCO3)nc1. The number of carbonyl (C=O) groups is 1. The van der Waals surface area contributed by atoms with Gasteiger partial charge in [0.2, 0.25) is 12.7 Å². The zero-order valence-electron chi connectivity index (χ0n) is 15.4. The van der Waals surface area contributed by atoms with E-state index in [0.29, 0.717) is 18.1 Å². The number of para-hydroxylation sites is 1. The molecule has 0 bridgehead atoms. The lowest BCUT2D eigenvalue weighted by atomic mass is 10.1. The first-order chi connectivity index (χ1) is 13.7. The molecule has 1 aromatic heterocycles. The second-order valence-electron chi connectivity index (χ2n) is 6.30. The summed E-state index contributed by atoms with van der Waals surface area (Å²) in [6, 6.07) is 13.5. The van der Waals surface area contributed by atoms with E-state index in [-0.39, 0.29) is 12.7 Å². The number of anilines is 2. The van der Waals surface area contributed by atoms with Gasteiger partial charge in [-0.25, -0.2) is 9.97 Å². The van der Waals surface area contributed by atoms with E-state index in [2.05, 4.69) is 27.5 Å². The Morgan fingerprint density at radius 3 is 2.68 bits per heavy atom. The molecule has 7 nitrogen and oxygen atoms in total. The molecule has 2 aromatic carbocycles. The number of aryl methyl sites for hydroxylation is 1. The van der Waals surface area contributed by atoms with Crippen LogP contribution in [0.15, 0.2) is 54.9 Å². The van der Waals surface area contributed by atoms with Gasteiger partial charge in [0.25, 0.3) is 5.91 Å². The Hall–Kier alpha value is -3.61. The first-order valence-corrected chi connectivity index (χ1v) is 9.06. The van der Waals surface area contributed by atoms with Crippen molar-refractivity contribution in [3.8, 4) is 11.5 Å². The quantitative estimate of drug-likeness (QED) is 0.683. The fourth-order valence-corrected chi connectivity index (χ4v) is 2.91. The Kier molecular flexibility index (Phi) is 5.05. The van der Waals surface area contributed by atoms with E-state index in [1.54, 1.807) is 0 Å². The average Bonchev–Trinajstić information content (AvgIpc) is 3.21. The average molecular weight is 376 g/mol. The summed E-state index contributed by atoms with van der Waals surface area (Å²) in [6.45, 7) is 2.84. The molecule has 142 valence electrons. The van der Waals surface area contributed by atoms with Crippen molar-refractivity contribution in [2.24, 2.45) is 0 Å². The first-order valence-electron chi connectivity index (χ1n) is 9.06. The van der Waals surface area contributed by atoms with Crippen LogP contribution in [-0.2, 0) is 13.0 Å². The highest BCUT2D eigenvalue weighted by Gasteiger charge is 2.13. The molecule has 0 saturated heterocycles. The highest BCUT2D eigenvalue weighted by Crippen LogP contribution is 2.32. The van der Waals surface area contributed by atoms with Gasteiger partial charge in [0.05, 0.1) is 5.56 Å². The van der Waals surface area contributed by atoms with Gasteiger partial charge in [-0.05, 0) is 35.7 Å². The lowest BCUT2D eigenvalue weighted by molar-refractivity contribution is 0.102. The van der Waals surface area contributed by atoms with Crippen LogP contribution in [0.25, 0.3) is 0 Å². The second-order valence-corrected chi connectivity index (χ2v) is 6.30. The van der Waals surface area contributed by atoms with Crippen LogP contribution in [-0.4, -0.2) is 22.7 Å². The number of ether oxygens (including phenoxy) is 2. The minimum atomic E-state index is -0.233. The van der Waals surface area contributed by atoms with E-state index in [9.17, 15) is 4.79 Å². The molecule has 1 aliphatic heterocycles. The summed E-state index contributed by atoms with van der Waals surface area (Å²) in [6.07, 6.45) is 3.87. The molecule has 0 atom stereocenters. The van der Waals surface area contributed by atoms with Crippen LogP contribution < -0.4 is 20.1 Å². The molecule has 0 unspecified atom stereocenters. The lowest BCUT2D eigenvalue weighted by Crippen LogP contribution is -2.14. The molecule has 4 rings (SSSR count). The highest BCUT2D eigenvalue weighted by atomic mass is 16.7. The standard InChI is InChI=1S/C21H20N4O3/c1-2-15-5-3-4-6-17(15)25-20(26)16-11-23-21(24-12-16)22-10-14-7-8-18-19(9-14)28-13-27-18/h3-9,11-12H,2,10,13H2,1H3,(H,25,26)(H,22,23,24). The maximum Gasteiger partial charge on any atom is 0.258 e. The number of fused-ring (bicyclic) bond motifs is 1. The molecule has 0 radical (unpaired) electrons. The molecule has 28 heavy (non-hydrogen) atoms. The van der Waals surface area contributed by atoms with Crippen LogP contribution >= 0.6 is 0 Å². The lowest BCUT2D eigenvalue weighted by Gasteiger charge is -2.10. The predicted molar refractivity (Wildman–Crippen MR) is 106 cm³/mol. The van der Waals surface area contributed by atoms with Crippen LogP contribution in [0, 0.1) is 0 Å². The third-order valence-corrected chi connectivity index (χ3v) is 4.45. The van der Waals surface area contributed by atoms with E-state index in [1.165, 1.54) is 12.4 Å². The van der Waals surface area contributed by atoms with E-state index >= 15 is 0 Å². The molecule has 0 spiro atoms. The minimum Gasteiger partial charge on any atom is -0.454 e. The summed E-state index contributed by atoms with van der Waals surface area (Å²) >= 11 is 0. The predicted octanol–water partition coefficient (Wildman–Crippen LogP) is 3.63. The number of hydrogen-bond acceptors (Lipinski definition) is 6. The van der Waals surface area contributed by atoms with Crippen molar-refractivity contribution >= 4 is 17.5 Å². The third-order valence-electron chi connectivity index (χ3n) is 4.45. The Bertz CT molecular complexity index is 989. The molecular weight excluding hydrogens is 356 g/mol. The maximum absolute atomic E-state index is 12.4. The summed E-state index contributed by atoms with van der Waals surface area (Å²) in [7, 11) is 0. The van der Waals surface area contributed by atoms with Crippen molar-refractivity contribution in [3.05, 3.63) is 71.5 Å². The fraction of sp³-hybridized carbons (Fsp3) is 0.190. The molecule has 0 fully saturated rings. The Balaban J connectivity index is 1.37. The Morgan fingerprint density at radius 1 is 1.07 bits per heavy atom. The molecule has 1 amide bonds. The van der Waals surface area contributed by atoms with E-state index in [4.69, 9.17) is 9.47 Å². The smallest absolute Gasteiger partial charge is 0.258 e. The molecular formula is C21H20N4O3. The molecule has 0 saturated carbocycles. The molecule has 7 heteroatoms. The number of nitrogens with one attached hydrogen (secondary N) is 2. The van der Waals surface area contributed by atoms with Crippen LogP contribution in [0.3, 0.4) is 0 Å². The second kappa shape index (κ2) is 7.96. The van der Waals surface area contributed by atoms with Gasteiger partial charge in [0.1, 0.15) is 0 Å². The summed E-state index contributed by atoms with van der Waals surface area (Å²) in [5.74, 6) is 1.70. The molecule has 2 heterocycles. The maximum atomic E-state index is 12.4. The van der Waals surface area contributed by atoms with Crippen molar-refractivity contribution < 1.29 is 14.3 Å². The van der Waals surface area contributed by atoms with Gasteiger partial charge in [-0.15, -0.1) is 0 Å². The monoisotopic (exact) mass is 376 g/mol. The number of nitrogens with zero attached hydrogens (tertiary/aromatic N) is 2. The number of aromatic nitrogens is 2. The number of carbonyl (C=O) groups excluding carboxylic acids is 1. The van der Waals surface area contributed by atoms with Crippen molar-refractivity contribution in [1.29, 1.82) is 0 Å². The largest absolute Gasteiger partial charge is 0.454 e. The van der Waals surface area contributed by atoms with Gasteiger partial charge in [0.15, 0.2) is 11.5 Å². The normalized spacial score (nSPS) is 11.9. The van der Waals surface area contributed by atoms with E-state index < -0.39 is 0 Å².